The third kappa shape index (κ3) is 3.64. The summed E-state index contributed by atoms with van der Waals surface area (Å²) in [5.74, 6) is 0.244. The number of thiazole rings is 1. The van der Waals surface area contributed by atoms with Gasteiger partial charge in [-0.3, -0.25) is 0 Å². The molecule has 0 N–H and O–H groups in total. The van der Waals surface area contributed by atoms with E-state index in [2.05, 4.69) is 19.9 Å². The molecule has 0 saturated heterocycles. The maximum absolute atomic E-state index is 13.0. The van der Waals surface area contributed by atoms with E-state index in [0.29, 0.717) is 5.02 Å². The Kier molecular flexibility index (Phi) is 4.69. The first-order valence-electron chi connectivity index (χ1n) is 6.17. The summed E-state index contributed by atoms with van der Waals surface area (Å²) >= 11 is 18.3. The van der Waals surface area contributed by atoms with Crippen molar-refractivity contribution in [3.05, 3.63) is 44.8 Å². The van der Waals surface area contributed by atoms with Crippen LogP contribution in [0, 0.1) is 0 Å². The topological polar surface area (TPSA) is 56.5 Å². The van der Waals surface area contributed by atoms with Gasteiger partial charge in [0.2, 0.25) is 0 Å². The van der Waals surface area contributed by atoms with Gasteiger partial charge in [0, 0.05) is 18.6 Å². The van der Waals surface area contributed by atoms with Crippen molar-refractivity contribution in [2.24, 2.45) is 0 Å². The van der Waals surface area contributed by atoms with Gasteiger partial charge < -0.3 is 4.57 Å². The summed E-state index contributed by atoms with van der Waals surface area (Å²) in [6, 6.07) is 0. The van der Waals surface area contributed by atoms with Crippen molar-refractivity contribution in [3.63, 3.8) is 0 Å². The van der Waals surface area contributed by atoms with Gasteiger partial charge in [-0.2, -0.15) is 13.2 Å². The second-order valence-electron chi connectivity index (χ2n) is 4.48. The molecule has 0 aliphatic heterocycles. The average Bonchev–Trinajstić information content (AvgIpc) is 3.04. The molecule has 5 nitrogen and oxygen atoms in total. The molecule has 0 aliphatic carbocycles. The van der Waals surface area contributed by atoms with Crippen molar-refractivity contribution in [1.29, 1.82) is 0 Å². The Morgan fingerprint density at radius 2 is 1.75 bits per heavy atom. The van der Waals surface area contributed by atoms with Crippen LogP contribution in [0.15, 0.2) is 18.6 Å². The third-order valence-electron chi connectivity index (χ3n) is 2.82. The lowest BCUT2D eigenvalue weighted by molar-refractivity contribution is -0.140. The van der Waals surface area contributed by atoms with Crippen LogP contribution >= 0.6 is 46.1 Å². The molecule has 0 aromatic carbocycles. The zero-order valence-corrected chi connectivity index (χ0v) is 14.4. The van der Waals surface area contributed by atoms with Crippen molar-refractivity contribution in [3.8, 4) is 10.7 Å². The van der Waals surface area contributed by atoms with Crippen molar-refractivity contribution < 1.29 is 13.2 Å². The minimum atomic E-state index is -4.61. The van der Waals surface area contributed by atoms with Crippen LogP contribution in [-0.4, -0.2) is 24.5 Å². The van der Waals surface area contributed by atoms with Crippen LogP contribution in [0.4, 0.5) is 13.2 Å². The van der Waals surface area contributed by atoms with Gasteiger partial charge in [0.1, 0.15) is 10.7 Å². The van der Waals surface area contributed by atoms with Gasteiger partial charge >= 0.3 is 6.18 Å². The highest BCUT2D eigenvalue weighted by molar-refractivity contribution is 7.19. The molecule has 12 heteroatoms. The summed E-state index contributed by atoms with van der Waals surface area (Å²) in [5, 5.41) is 0.292. The molecule has 126 valence electrons. The van der Waals surface area contributed by atoms with Gasteiger partial charge in [0.15, 0.2) is 21.1 Å². The summed E-state index contributed by atoms with van der Waals surface area (Å²) in [5.41, 5.74) is -1.06. The first-order valence-corrected chi connectivity index (χ1v) is 8.12. The van der Waals surface area contributed by atoms with Gasteiger partial charge in [0.05, 0.1) is 11.6 Å². The van der Waals surface area contributed by atoms with Crippen LogP contribution in [0.3, 0.4) is 0 Å². The molecule has 0 spiro atoms. The SMILES string of the molecule is FC(F)(F)c1cn(Cc2ncc(Cl)cn2)c(-c2sc(Cl)nc2Cl)n1. The second-order valence-corrected chi connectivity index (χ2v) is 6.86. The van der Waals surface area contributed by atoms with Gasteiger partial charge in [-0.1, -0.05) is 46.1 Å². The Morgan fingerprint density at radius 1 is 1.08 bits per heavy atom. The Morgan fingerprint density at radius 3 is 2.29 bits per heavy atom. The molecule has 0 aliphatic rings. The fourth-order valence-electron chi connectivity index (χ4n) is 1.84. The van der Waals surface area contributed by atoms with Crippen molar-refractivity contribution in [2.75, 3.05) is 0 Å². The average molecular weight is 415 g/mol. The Bertz CT molecular complexity index is 875. The van der Waals surface area contributed by atoms with Gasteiger partial charge in [-0.25, -0.2) is 19.9 Å². The lowest BCUT2D eigenvalue weighted by Gasteiger charge is -2.05. The number of alkyl halides is 3. The van der Waals surface area contributed by atoms with Gasteiger partial charge in [-0.15, -0.1) is 0 Å². The molecule has 3 aromatic rings. The lowest BCUT2D eigenvalue weighted by atomic mass is 10.4. The van der Waals surface area contributed by atoms with E-state index < -0.39 is 11.9 Å². The predicted molar refractivity (Wildman–Crippen MR) is 84.5 cm³/mol. The van der Waals surface area contributed by atoms with Gasteiger partial charge in [0.25, 0.3) is 0 Å². The Balaban J connectivity index is 2.07. The summed E-state index contributed by atoms with van der Waals surface area (Å²) in [4.78, 5) is 15.6. The van der Waals surface area contributed by atoms with Crippen LogP contribution in [-0.2, 0) is 12.7 Å². The molecule has 0 unspecified atom stereocenters. The van der Waals surface area contributed by atoms with E-state index in [0.717, 1.165) is 17.5 Å². The third-order valence-corrected chi connectivity index (χ3v) is 4.55. The fraction of sp³-hybridized carbons (Fsp3) is 0.167. The van der Waals surface area contributed by atoms with E-state index in [4.69, 9.17) is 34.8 Å². The van der Waals surface area contributed by atoms with E-state index in [1.165, 1.54) is 17.0 Å². The van der Waals surface area contributed by atoms with Crippen LogP contribution in [0.2, 0.25) is 14.6 Å². The van der Waals surface area contributed by atoms with E-state index in [1.807, 2.05) is 0 Å². The summed E-state index contributed by atoms with van der Waals surface area (Å²) < 4.78 is 40.3. The molecule has 0 bridgehead atoms. The normalized spacial score (nSPS) is 11.9. The maximum atomic E-state index is 13.0. The molecule has 0 saturated carbocycles. The molecular weight excluding hydrogens is 410 g/mol. The number of halogens is 6. The molecule has 24 heavy (non-hydrogen) atoms. The summed E-state index contributed by atoms with van der Waals surface area (Å²) in [6.45, 7) is -0.0541. The number of rotatable bonds is 3. The van der Waals surface area contributed by atoms with E-state index in [-0.39, 0.29) is 32.7 Å². The molecule has 3 aromatic heterocycles. The highest BCUT2D eigenvalue weighted by atomic mass is 35.5. The number of nitrogens with zero attached hydrogens (tertiary/aromatic N) is 5. The van der Waals surface area contributed by atoms with Gasteiger partial charge in [-0.05, 0) is 0 Å². The molecular formula is C12H5Cl3F3N5S. The second kappa shape index (κ2) is 6.47. The Labute approximate surface area is 152 Å². The predicted octanol–water partition coefficient (Wildman–Crippen LogP) is 4.82. The zero-order valence-electron chi connectivity index (χ0n) is 11.4. The number of hydrogen-bond acceptors (Lipinski definition) is 5. The fourth-order valence-corrected chi connectivity index (χ4v) is 3.32. The minimum absolute atomic E-state index is 0.0183. The largest absolute Gasteiger partial charge is 0.434 e. The molecule has 0 atom stereocenters. The number of hydrogen-bond donors (Lipinski definition) is 0. The first-order chi connectivity index (χ1) is 11.2. The maximum Gasteiger partial charge on any atom is 0.434 e. The molecule has 3 heterocycles. The van der Waals surface area contributed by atoms with E-state index in [9.17, 15) is 13.2 Å². The number of imidazole rings is 1. The highest BCUT2D eigenvalue weighted by Gasteiger charge is 2.35. The van der Waals surface area contributed by atoms with Crippen LogP contribution in [0.25, 0.3) is 10.7 Å². The summed E-state index contributed by atoms with van der Waals surface area (Å²) in [6.07, 6.45) is -1.05. The standard InChI is InChI=1S/C12H5Cl3F3N5S/c13-5-1-19-7(20-2-5)4-23-3-6(12(16,17)18)21-10(23)8-9(14)22-11(15)24-8/h1-3H,4H2. The van der Waals surface area contributed by atoms with Crippen LogP contribution in [0.1, 0.15) is 11.5 Å². The zero-order chi connectivity index (χ0) is 17.5. The van der Waals surface area contributed by atoms with E-state index >= 15 is 0 Å². The molecule has 0 amide bonds. The quantitative estimate of drug-likeness (QED) is 0.616. The molecule has 3 rings (SSSR count). The molecule has 0 fully saturated rings. The van der Waals surface area contributed by atoms with Crippen LogP contribution < -0.4 is 0 Å². The summed E-state index contributed by atoms with van der Waals surface area (Å²) in [7, 11) is 0. The smallest absolute Gasteiger partial charge is 0.322 e. The monoisotopic (exact) mass is 413 g/mol. The molecule has 0 radical (unpaired) electrons. The highest BCUT2D eigenvalue weighted by Crippen LogP contribution is 2.38. The Hall–Kier alpha value is -1.42. The van der Waals surface area contributed by atoms with E-state index in [1.54, 1.807) is 0 Å². The van der Waals surface area contributed by atoms with Crippen molar-refractivity contribution in [2.45, 2.75) is 12.7 Å². The number of aromatic nitrogens is 5. The van der Waals surface area contributed by atoms with Crippen molar-refractivity contribution >= 4 is 46.1 Å². The van der Waals surface area contributed by atoms with Crippen molar-refractivity contribution in [1.82, 2.24) is 24.5 Å². The minimum Gasteiger partial charge on any atom is -0.322 e. The lowest BCUT2D eigenvalue weighted by Crippen LogP contribution is -2.06. The van der Waals surface area contributed by atoms with Crippen LogP contribution in [0.5, 0.6) is 0 Å². The first kappa shape index (κ1) is 17.4.